The maximum Gasteiger partial charge on any atom is 0.0858 e. The lowest BCUT2D eigenvalue weighted by molar-refractivity contribution is 0.798. The Balaban J connectivity index is 2.31. The summed E-state index contributed by atoms with van der Waals surface area (Å²) < 4.78 is 1.97. The third kappa shape index (κ3) is 1.84. The van der Waals surface area contributed by atoms with E-state index in [-0.39, 0.29) is 0 Å². The fraction of sp³-hybridized carbons (Fsp3) is 0.250. The first-order chi connectivity index (χ1) is 9.76. The first-order valence-electron chi connectivity index (χ1n) is 6.96. The molecule has 20 heavy (non-hydrogen) atoms. The molecule has 3 rings (SSSR count). The summed E-state index contributed by atoms with van der Waals surface area (Å²) in [5.74, 6) is 0. The second-order valence-electron chi connectivity index (χ2n) is 4.77. The van der Waals surface area contributed by atoms with E-state index >= 15 is 0 Å². The topological polar surface area (TPSA) is 56.7 Å². The van der Waals surface area contributed by atoms with Crippen molar-refractivity contribution in [2.24, 2.45) is 0 Å². The van der Waals surface area contributed by atoms with Gasteiger partial charge in [-0.3, -0.25) is 4.98 Å². The summed E-state index contributed by atoms with van der Waals surface area (Å²) in [6.07, 6.45) is 3.52. The summed E-state index contributed by atoms with van der Waals surface area (Å²) in [7, 11) is 0. The minimum atomic E-state index is 0.816. The van der Waals surface area contributed by atoms with Gasteiger partial charge in [0.05, 0.1) is 28.3 Å². The molecule has 0 aliphatic heterocycles. The third-order valence-electron chi connectivity index (χ3n) is 3.62. The molecule has 0 saturated heterocycles. The third-order valence-corrected chi connectivity index (χ3v) is 3.62. The van der Waals surface area contributed by atoms with E-state index in [9.17, 15) is 0 Å². The van der Waals surface area contributed by atoms with E-state index < -0.39 is 0 Å². The summed E-state index contributed by atoms with van der Waals surface area (Å²) in [6, 6.07) is 10.1. The average Bonchev–Trinajstić information content (AvgIpc) is 2.82. The van der Waals surface area contributed by atoms with Crippen LogP contribution in [-0.2, 0) is 12.8 Å². The predicted octanol–water partition coefficient (Wildman–Crippen LogP) is 3.13. The summed E-state index contributed by atoms with van der Waals surface area (Å²) in [5, 5.41) is 5.78. The first-order valence-corrected chi connectivity index (χ1v) is 6.96. The molecular weight excluding hydrogens is 248 g/mol. The molecule has 0 saturated carbocycles. The van der Waals surface area contributed by atoms with Crippen LogP contribution in [0, 0.1) is 0 Å². The van der Waals surface area contributed by atoms with Crippen molar-refractivity contribution in [1.82, 2.24) is 14.8 Å². The van der Waals surface area contributed by atoms with Crippen LogP contribution >= 0.6 is 0 Å². The number of aryl methyl sites for hydroxylation is 1. The van der Waals surface area contributed by atoms with Gasteiger partial charge < -0.3 is 5.73 Å². The number of aromatic nitrogens is 3. The van der Waals surface area contributed by atoms with Crippen LogP contribution in [0.3, 0.4) is 0 Å². The number of hydrogen-bond acceptors (Lipinski definition) is 3. The molecule has 4 heteroatoms. The van der Waals surface area contributed by atoms with Crippen LogP contribution in [0.4, 0.5) is 5.69 Å². The number of nitrogens with two attached hydrogens (primary N) is 1. The van der Waals surface area contributed by atoms with Crippen molar-refractivity contribution in [3.05, 3.63) is 47.9 Å². The smallest absolute Gasteiger partial charge is 0.0858 e. The quantitative estimate of drug-likeness (QED) is 0.792. The van der Waals surface area contributed by atoms with Gasteiger partial charge in [-0.25, -0.2) is 4.68 Å². The van der Waals surface area contributed by atoms with Gasteiger partial charge in [-0.2, -0.15) is 5.10 Å². The molecule has 3 aromatic rings. The molecular formula is C16H18N4. The van der Waals surface area contributed by atoms with E-state index in [0.29, 0.717) is 0 Å². The van der Waals surface area contributed by atoms with E-state index in [0.717, 1.165) is 46.5 Å². The molecule has 2 heterocycles. The van der Waals surface area contributed by atoms with Gasteiger partial charge in [-0.15, -0.1) is 0 Å². The van der Waals surface area contributed by atoms with Crippen molar-refractivity contribution >= 4 is 16.6 Å². The molecule has 2 N–H and O–H groups in total. The Labute approximate surface area is 118 Å². The van der Waals surface area contributed by atoms with Gasteiger partial charge in [0.25, 0.3) is 0 Å². The van der Waals surface area contributed by atoms with E-state index in [1.54, 1.807) is 0 Å². The van der Waals surface area contributed by atoms with Crippen molar-refractivity contribution < 1.29 is 0 Å². The minimum Gasteiger partial charge on any atom is -0.396 e. The number of nitrogen functional groups attached to an aromatic ring is 1. The van der Waals surface area contributed by atoms with Gasteiger partial charge in [-0.05, 0) is 25.0 Å². The maximum absolute atomic E-state index is 6.21. The summed E-state index contributed by atoms with van der Waals surface area (Å²) in [6.45, 7) is 4.18. The van der Waals surface area contributed by atoms with Gasteiger partial charge in [0.15, 0.2) is 0 Å². The lowest BCUT2D eigenvalue weighted by Gasteiger charge is -2.09. The fourth-order valence-electron chi connectivity index (χ4n) is 2.58. The molecule has 0 atom stereocenters. The van der Waals surface area contributed by atoms with Crippen LogP contribution < -0.4 is 5.73 Å². The number of fused-ring (bicyclic) bond motifs is 1. The number of para-hydroxylation sites is 1. The number of pyridine rings is 1. The Kier molecular flexibility index (Phi) is 3.14. The molecule has 0 aliphatic carbocycles. The van der Waals surface area contributed by atoms with Gasteiger partial charge in [0.2, 0.25) is 0 Å². The number of hydrogen-bond donors (Lipinski definition) is 1. The van der Waals surface area contributed by atoms with Crippen LogP contribution in [0.2, 0.25) is 0 Å². The predicted molar refractivity (Wildman–Crippen MR) is 82.0 cm³/mol. The lowest BCUT2D eigenvalue weighted by atomic mass is 10.1. The Hall–Kier alpha value is -2.36. The fourth-order valence-corrected chi connectivity index (χ4v) is 2.58. The van der Waals surface area contributed by atoms with Crippen LogP contribution in [0.5, 0.6) is 0 Å². The summed E-state index contributed by atoms with van der Waals surface area (Å²) in [5.41, 5.74) is 11.1. The highest BCUT2D eigenvalue weighted by molar-refractivity contribution is 5.87. The van der Waals surface area contributed by atoms with Gasteiger partial charge in [0.1, 0.15) is 0 Å². The highest BCUT2D eigenvalue weighted by Gasteiger charge is 2.15. The van der Waals surface area contributed by atoms with Crippen molar-refractivity contribution in [1.29, 1.82) is 0 Å². The normalized spacial score (nSPS) is 11.1. The highest BCUT2D eigenvalue weighted by atomic mass is 15.3. The van der Waals surface area contributed by atoms with Crippen LogP contribution in [0.1, 0.15) is 25.2 Å². The minimum absolute atomic E-state index is 0.816. The zero-order valence-electron chi connectivity index (χ0n) is 11.8. The van der Waals surface area contributed by atoms with Crippen molar-refractivity contribution in [2.75, 3.05) is 5.73 Å². The highest BCUT2D eigenvalue weighted by Crippen LogP contribution is 2.26. The van der Waals surface area contributed by atoms with Crippen molar-refractivity contribution in [3.63, 3.8) is 0 Å². The van der Waals surface area contributed by atoms with Crippen LogP contribution in [0.25, 0.3) is 16.6 Å². The molecule has 0 bridgehead atoms. The lowest BCUT2D eigenvalue weighted by Crippen LogP contribution is -2.03. The van der Waals surface area contributed by atoms with E-state index in [2.05, 4.69) is 30.0 Å². The first kappa shape index (κ1) is 12.7. The monoisotopic (exact) mass is 266 g/mol. The molecule has 0 radical (unpaired) electrons. The number of anilines is 1. The zero-order chi connectivity index (χ0) is 14.1. The number of rotatable bonds is 3. The van der Waals surface area contributed by atoms with Crippen LogP contribution in [-0.4, -0.2) is 14.8 Å². The maximum atomic E-state index is 6.21. The van der Waals surface area contributed by atoms with Gasteiger partial charge in [-0.1, -0.05) is 32.0 Å². The molecule has 4 nitrogen and oxygen atoms in total. The second-order valence-corrected chi connectivity index (χ2v) is 4.77. The Morgan fingerprint density at radius 3 is 2.65 bits per heavy atom. The number of benzene rings is 1. The largest absolute Gasteiger partial charge is 0.396 e. The zero-order valence-corrected chi connectivity index (χ0v) is 11.8. The molecule has 102 valence electrons. The van der Waals surface area contributed by atoms with Crippen LogP contribution in [0.15, 0.2) is 36.5 Å². The Morgan fingerprint density at radius 1 is 1.10 bits per heavy atom. The molecule has 0 unspecified atom stereocenters. The molecule has 0 aliphatic rings. The Morgan fingerprint density at radius 2 is 1.90 bits per heavy atom. The molecule has 2 aromatic heterocycles. The molecule has 0 fully saturated rings. The van der Waals surface area contributed by atoms with Gasteiger partial charge in [0, 0.05) is 11.6 Å². The van der Waals surface area contributed by atoms with E-state index in [1.165, 1.54) is 0 Å². The van der Waals surface area contributed by atoms with Gasteiger partial charge >= 0.3 is 0 Å². The van der Waals surface area contributed by atoms with E-state index in [4.69, 9.17) is 5.73 Å². The summed E-state index contributed by atoms with van der Waals surface area (Å²) >= 11 is 0. The van der Waals surface area contributed by atoms with Crippen molar-refractivity contribution in [2.45, 2.75) is 26.7 Å². The van der Waals surface area contributed by atoms with E-state index in [1.807, 2.05) is 35.1 Å². The molecule has 1 aromatic carbocycles. The Bertz CT molecular complexity index is 753. The standard InChI is InChI=1S/C16H18N4/c1-3-12-16(17)14(4-2)20(19-12)15-9-10-18-13-8-6-5-7-11(13)15/h5-10H,3-4,17H2,1-2H3. The average molecular weight is 266 g/mol. The van der Waals surface area contributed by atoms with Crippen molar-refractivity contribution in [3.8, 4) is 5.69 Å². The SMILES string of the molecule is CCc1nn(-c2ccnc3ccccc23)c(CC)c1N. The number of nitrogens with zero attached hydrogens (tertiary/aromatic N) is 3. The second kappa shape index (κ2) is 4.96. The molecule has 0 spiro atoms. The summed E-state index contributed by atoms with van der Waals surface area (Å²) in [4.78, 5) is 4.40. The molecule has 0 amide bonds.